The molecular formula is C14H20N4. The molecule has 2 aromatic heterocycles. The number of aromatic nitrogens is 3. The van der Waals surface area contributed by atoms with Crippen LogP contribution in [0.5, 0.6) is 0 Å². The molecule has 0 aliphatic carbocycles. The van der Waals surface area contributed by atoms with E-state index in [1.165, 1.54) is 0 Å². The van der Waals surface area contributed by atoms with Gasteiger partial charge in [0.1, 0.15) is 12.1 Å². The zero-order chi connectivity index (χ0) is 13.3. The minimum Gasteiger partial charge on any atom is -0.367 e. The summed E-state index contributed by atoms with van der Waals surface area (Å²) < 4.78 is 0. The quantitative estimate of drug-likeness (QED) is 0.900. The van der Waals surface area contributed by atoms with E-state index in [9.17, 15) is 0 Å². The second-order valence-electron chi connectivity index (χ2n) is 5.21. The van der Waals surface area contributed by atoms with Crippen molar-refractivity contribution in [2.45, 2.75) is 46.6 Å². The molecule has 0 aromatic carbocycles. The molecule has 1 N–H and O–H groups in total. The summed E-state index contributed by atoms with van der Waals surface area (Å²) in [5, 5.41) is 4.37. The SMILES string of the molecule is Cc1c(C(C)C)nc(NC(C)C)c2cncnc12. The maximum atomic E-state index is 4.75. The Labute approximate surface area is 108 Å². The van der Waals surface area contributed by atoms with Crippen LogP contribution in [-0.4, -0.2) is 21.0 Å². The Morgan fingerprint density at radius 3 is 2.50 bits per heavy atom. The fourth-order valence-electron chi connectivity index (χ4n) is 2.13. The lowest BCUT2D eigenvalue weighted by Gasteiger charge is -2.17. The van der Waals surface area contributed by atoms with Gasteiger partial charge in [-0.3, -0.25) is 0 Å². The standard InChI is InChI=1S/C14H20N4/c1-8(2)12-10(5)13-11(6-15-7-16-13)14(18-12)17-9(3)4/h6-9H,1-5H3,(H,17,18). The Balaban J connectivity index is 2.71. The van der Waals surface area contributed by atoms with Crippen LogP contribution in [0.15, 0.2) is 12.5 Å². The van der Waals surface area contributed by atoms with Crippen LogP contribution in [0.2, 0.25) is 0 Å². The number of anilines is 1. The van der Waals surface area contributed by atoms with Gasteiger partial charge in [-0.1, -0.05) is 13.8 Å². The van der Waals surface area contributed by atoms with Gasteiger partial charge in [0.05, 0.1) is 16.6 Å². The number of rotatable bonds is 3. The highest BCUT2D eigenvalue weighted by Gasteiger charge is 2.14. The summed E-state index contributed by atoms with van der Waals surface area (Å²) >= 11 is 0. The van der Waals surface area contributed by atoms with Crippen LogP contribution in [0.4, 0.5) is 5.82 Å². The van der Waals surface area contributed by atoms with Gasteiger partial charge in [-0.15, -0.1) is 0 Å². The summed E-state index contributed by atoms with van der Waals surface area (Å²) in [5.74, 6) is 1.27. The van der Waals surface area contributed by atoms with Gasteiger partial charge in [0.25, 0.3) is 0 Å². The first-order chi connectivity index (χ1) is 8.50. The van der Waals surface area contributed by atoms with Crippen LogP contribution >= 0.6 is 0 Å². The van der Waals surface area contributed by atoms with Crippen LogP contribution in [0.1, 0.15) is 44.9 Å². The smallest absolute Gasteiger partial charge is 0.137 e. The van der Waals surface area contributed by atoms with Gasteiger partial charge in [0.15, 0.2) is 0 Å². The molecule has 2 aromatic rings. The minimum atomic E-state index is 0.337. The van der Waals surface area contributed by atoms with E-state index in [1.54, 1.807) is 6.33 Å². The van der Waals surface area contributed by atoms with Gasteiger partial charge in [0, 0.05) is 12.2 Å². The van der Waals surface area contributed by atoms with Crippen molar-refractivity contribution in [2.24, 2.45) is 0 Å². The Hall–Kier alpha value is -1.71. The second-order valence-corrected chi connectivity index (χ2v) is 5.21. The first kappa shape index (κ1) is 12.7. The molecule has 2 rings (SSSR count). The number of hydrogen-bond donors (Lipinski definition) is 1. The molecule has 0 fully saturated rings. The van der Waals surface area contributed by atoms with Crippen molar-refractivity contribution in [3.63, 3.8) is 0 Å². The molecule has 18 heavy (non-hydrogen) atoms. The molecule has 2 heterocycles. The summed E-state index contributed by atoms with van der Waals surface area (Å²) in [7, 11) is 0. The molecule has 0 unspecified atom stereocenters. The first-order valence-corrected chi connectivity index (χ1v) is 6.37. The molecule has 0 saturated heterocycles. The predicted octanol–water partition coefficient (Wildman–Crippen LogP) is 3.28. The van der Waals surface area contributed by atoms with Crippen LogP contribution in [0.3, 0.4) is 0 Å². The molecule has 0 aliphatic heterocycles. The highest BCUT2D eigenvalue weighted by Crippen LogP contribution is 2.28. The van der Waals surface area contributed by atoms with Crippen molar-refractivity contribution in [1.82, 2.24) is 15.0 Å². The molecule has 0 spiro atoms. The molecule has 0 radical (unpaired) electrons. The van der Waals surface area contributed by atoms with Gasteiger partial charge in [-0.2, -0.15) is 0 Å². The third kappa shape index (κ3) is 2.28. The normalized spacial score (nSPS) is 11.5. The number of nitrogens with one attached hydrogen (secondary N) is 1. The molecule has 0 aliphatic rings. The van der Waals surface area contributed by atoms with Crippen molar-refractivity contribution in [2.75, 3.05) is 5.32 Å². The Kier molecular flexibility index (Phi) is 3.45. The number of nitrogens with zero attached hydrogens (tertiary/aromatic N) is 3. The van der Waals surface area contributed by atoms with E-state index < -0.39 is 0 Å². The van der Waals surface area contributed by atoms with Gasteiger partial charge < -0.3 is 5.32 Å². The maximum Gasteiger partial charge on any atom is 0.137 e. The summed E-state index contributed by atoms with van der Waals surface area (Å²) in [6.07, 6.45) is 3.43. The molecular weight excluding hydrogens is 224 g/mol. The van der Waals surface area contributed by atoms with Crippen molar-refractivity contribution in [3.8, 4) is 0 Å². The van der Waals surface area contributed by atoms with E-state index in [0.717, 1.165) is 28.0 Å². The van der Waals surface area contributed by atoms with Gasteiger partial charge in [-0.25, -0.2) is 15.0 Å². The highest BCUT2D eigenvalue weighted by molar-refractivity contribution is 5.91. The lowest BCUT2D eigenvalue weighted by atomic mass is 10.0. The zero-order valence-electron chi connectivity index (χ0n) is 11.7. The van der Waals surface area contributed by atoms with Crippen LogP contribution in [0, 0.1) is 6.92 Å². The van der Waals surface area contributed by atoms with Crippen molar-refractivity contribution >= 4 is 16.7 Å². The molecule has 0 bridgehead atoms. The number of pyridine rings is 1. The third-order valence-electron chi connectivity index (χ3n) is 2.91. The molecule has 0 amide bonds. The summed E-state index contributed by atoms with van der Waals surface area (Å²) in [6.45, 7) is 10.6. The average molecular weight is 244 g/mol. The third-order valence-corrected chi connectivity index (χ3v) is 2.91. The van der Waals surface area contributed by atoms with Crippen LogP contribution < -0.4 is 5.32 Å². The Bertz CT molecular complexity index is 561. The van der Waals surface area contributed by atoms with Gasteiger partial charge in [-0.05, 0) is 32.3 Å². The van der Waals surface area contributed by atoms with Crippen molar-refractivity contribution in [1.29, 1.82) is 0 Å². The molecule has 96 valence electrons. The van der Waals surface area contributed by atoms with Gasteiger partial charge >= 0.3 is 0 Å². The minimum absolute atomic E-state index is 0.337. The monoisotopic (exact) mass is 244 g/mol. The highest BCUT2D eigenvalue weighted by atomic mass is 15.0. The summed E-state index contributed by atoms with van der Waals surface area (Å²) in [4.78, 5) is 13.3. The van der Waals surface area contributed by atoms with E-state index in [0.29, 0.717) is 12.0 Å². The van der Waals surface area contributed by atoms with E-state index >= 15 is 0 Å². The molecule has 0 saturated carbocycles. The predicted molar refractivity (Wildman–Crippen MR) is 74.9 cm³/mol. The Morgan fingerprint density at radius 1 is 1.17 bits per heavy atom. The van der Waals surface area contributed by atoms with E-state index in [-0.39, 0.29) is 0 Å². The lowest BCUT2D eigenvalue weighted by Crippen LogP contribution is -2.13. The largest absolute Gasteiger partial charge is 0.367 e. The van der Waals surface area contributed by atoms with E-state index in [4.69, 9.17) is 4.98 Å². The number of hydrogen-bond acceptors (Lipinski definition) is 4. The van der Waals surface area contributed by atoms with Gasteiger partial charge in [0.2, 0.25) is 0 Å². The molecule has 0 atom stereocenters. The first-order valence-electron chi connectivity index (χ1n) is 6.37. The van der Waals surface area contributed by atoms with E-state index in [2.05, 4.69) is 49.9 Å². The van der Waals surface area contributed by atoms with E-state index in [1.807, 2.05) is 6.20 Å². The second kappa shape index (κ2) is 4.88. The maximum absolute atomic E-state index is 4.75. The van der Waals surface area contributed by atoms with Crippen molar-refractivity contribution < 1.29 is 0 Å². The number of fused-ring (bicyclic) bond motifs is 1. The summed E-state index contributed by atoms with van der Waals surface area (Å²) in [6, 6.07) is 0.337. The topological polar surface area (TPSA) is 50.7 Å². The Morgan fingerprint density at radius 2 is 1.89 bits per heavy atom. The molecule has 4 nitrogen and oxygen atoms in total. The molecule has 4 heteroatoms. The lowest BCUT2D eigenvalue weighted by molar-refractivity contribution is 0.808. The zero-order valence-corrected chi connectivity index (χ0v) is 11.7. The summed E-state index contributed by atoms with van der Waals surface area (Å²) in [5.41, 5.74) is 3.24. The van der Waals surface area contributed by atoms with Crippen molar-refractivity contribution in [3.05, 3.63) is 23.8 Å². The fraction of sp³-hybridized carbons (Fsp3) is 0.500. The average Bonchev–Trinajstić information content (AvgIpc) is 2.32. The fourth-order valence-corrected chi connectivity index (χ4v) is 2.13. The van der Waals surface area contributed by atoms with Crippen LogP contribution in [0.25, 0.3) is 10.9 Å². The number of aryl methyl sites for hydroxylation is 1. The van der Waals surface area contributed by atoms with Crippen LogP contribution in [-0.2, 0) is 0 Å².